The van der Waals surface area contributed by atoms with Crippen molar-refractivity contribution in [3.05, 3.63) is 41.2 Å². The van der Waals surface area contributed by atoms with Crippen LogP contribution in [0, 0.1) is 0 Å². The largest absolute Gasteiger partial charge is 0.346 e. The molecule has 0 fully saturated rings. The monoisotopic (exact) mass is 335 g/mol. The Kier molecular flexibility index (Phi) is 4.60. The van der Waals surface area contributed by atoms with E-state index in [-0.39, 0.29) is 11.9 Å². The number of amides is 1. The van der Waals surface area contributed by atoms with E-state index in [0.29, 0.717) is 13.0 Å². The fourth-order valence-electron chi connectivity index (χ4n) is 2.17. The van der Waals surface area contributed by atoms with E-state index in [1.807, 2.05) is 38.1 Å². The summed E-state index contributed by atoms with van der Waals surface area (Å²) in [5.74, 6) is 0.863. The van der Waals surface area contributed by atoms with Crippen molar-refractivity contribution in [2.45, 2.75) is 32.9 Å². The number of fused-ring (bicyclic) bond motifs is 1. The Labute approximate surface area is 127 Å². The summed E-state index contributed by atoms with van der Waals surface area (Å²) in [4.78, 5) is 16.2. The zero-order valence-electron chi connectivity index (χ0n) is 11.7. The van der Waals surface area contributed by atoms with Crippen LogP contribution in [-0.4, -0.2) is 15.5 Å². The van der Waals surface area contributed by atoms with Gasteiger partial charge >= 0.3 is 0 Å². The third kappa shape index (κ3) is 3.10. The number of halogens is 1. The van der Waals surface area contributed by atoms with Crippen LogP contribution in [0.15, 0.2) is 35.3 Å². The van der Waals surface area contributed by atoms with Crippen molar-refractivity contribution in [2.24, 2.45) is 0 Å². The van der Waals surface area contributed by atoms with Crippen LogP contribution >= 0.6 is 15.9 Å². The van der Waals surface area contributed by atoms with Crippen LogP contribution in [0.3, 0.4) is 0 Å². The van der Waals surface area contributed by atoms with Gasteiger partial charge in [-0.25, -0.2) is 4.98 Å². The Bertz CT molecular complexity index is 648. The topological polar surface area (TPSA) is 46.9 Å². The van der Waals surface area contributed by atoms with Crippen molar-refractivity contribution < 1.29 is 4.79 Å². The fourth-order valence-corrected chi connectivity index (χ4v) is 2.42. The maximum Gasteiger partial charge on any atom is 0.220 e. The molecule has 1 aromatic heterocycles. The molecular formula is C15H18BrN3O. The predicted molar refractivity (Wildman–Crippen MR) is 84.6 cm³/mol. The van der Waals surface area contributed by atoms with Gasteiger partial charge in [0.25, 0.3) is 0 Å². The summed E-state index contributed by atoms with van der Waals surface area (Å²) in [5.41, 5.74) is 1.97. The van der Waals surface area contributed by atoms with Crippen molar-refractivity contribution in [1.82, 2.24) is 14.9 Å². The van der Waals surface area contributed by atoms with Crippen molar-refractivity contribution in [3.8, 4) is 0 Å². The van der Waals surface area contributed by atoms with Crippen molar-refractivity contribution in [1.29, 1.82) is 0 Å². The lowest BCUT2D eigenvalue weighted by Gasteiger charge is -2.15. The van der Waals surface area contributed by atoms with Gasteiger partial charge in [0.2, 0.25) is 5.91 Å². The molecule has 1 aromatic carbocycles. The molecule has 1 N–H and O–H groups in total. The van der Waals surface area contributed by atoms with Crippen molar-refractivity contribution in [2.75, 3.05) is 0 Å². The lowest BCUT2D eigenvalue weighted by Crippen LogP contribution is -2.28. The van der Waals surface area contributed by atoms with E-state index in [0.717, 1.165) is 21.3 Å². The Balaban J connectivity index is 2.45. The third-order valence-electron chi connectivity index (χ3n) is 3.10. The molecular weight excluding hydrogens is 318 g/mol. The highest BCUT2D eigenvalue weighted by Gasteiger charge is 2.17. The quantitative estimate of drug-likeness (QED) is 0.908. The van der Waals surface area contributed by atoms with Crippen LogP contribution in [0.5, 0.6) is 0 Å². The number of benzene rings is 1. The first kappa shape index (κ1) is 14.8. The van der Waals surface area contributed by atoms with Gasteiger partial charge in [-0.05, 0) is 19.1 Å². The van der Waals surface area contributed by atoms with Gasteiger partial charge in [0.05, 0.1) is 23.6 Å². The minimum atomic E-state index is -0.137. The molecule has 0 saturated carbocycles. The Morgan fingerprint density at radius 2 is 2.20 bits per heavy atom. The van der Waals surface area contributed by atoms with Crippen molar-refractivity contribution >= 4 is 32.9 Å². The molecule has 1 atom stereocenters. The molecule has 0 bridgehead atoms. The first-order valence-corrected chi connectivity index (χ1v) is 7.40. The van der Waals surface area contributed by atoms with E-state index < -0.39 is 0 Å². The normalized spacial score (nSPS) is 12.3. The average molecular weight is 336 g/mol. The van der Waals surface area contributed by atoms with Gasteiger partial charge in [0.15, 0.2) is 0 Å². The van der Waals surface area contributed by atoms with Gasteiger partial charge in [-0.15, -0.1) is 0 Å². The lowest BCUT2D eigenvalue weighted by atomic mass is 10.3. The summed E-state index contributed by atoms with van der Waals surface area (Å²) in [7, 11) is 0. The van der Waals surface area contributed by atoms with E-state index >= 15 is 0 Å². The highest BCUT2D eigenvalue weighted by Crippen LogP contribution is 2.23. The van der Waals surface area contributed by atoms with E-state index in [1.165, 1.54) is 0 Å². The molecule has 20 heavy (non-hydrogen) atoms. The van der Waals surface area contributed by atoms with Crippen molar-refractivity contribution in [3.63, 3.8) is 0 Å². The Hall–Kier alpha value is -1.62. The summed E-state index contributed by atoms with van der Waals surface area (Å²) < 4.78 is 2.95. The van der Waals surface area contributed by atoms with Crippen LogP contribution < -0.4 is 5.32 Å². The maximum atomic E-state index is 11.6. The number of nitrogens with one attached hydrogen (secondary N) is 1. The van der Waals surface area contributed by atoms with E-state index in [1.54, 1.807) is 0 Å². The number of carbonyl (C=O) groups is 1. The number of aromatic nitrogens is 2. The van der Waals surface area contributed by atoms with Gasteiger partial charge in [0.1, 0.15) is 5.82 Å². The van der Waals surface area contributed by atoms with Gasteiger partial charge < -0.3 is 9.88 Å². The molecule has 0 aliphatic heterocycles. The number of para-hydroxylation sites is 2. The number of imidazole rings is 1. The molecule has 4 nitrogen and oxygen atoms in total. The second kappa shape index (κ2) is 6.22. The highest BCUT2D eigenvalue weighted by atomic mass is 79.9. The summed E-state index contributed by atoms with van der Waals surface area (Å²) in [5, 5.41) is 2.95. The number of allylic oxidation sites excluding steroid dienone is 1. The van der Waals surface area contributed by atoms with Crippen LogP contribution in [0.25, 0.3) is 11.0 Å². The van der Waals surface area contributed by atoms with Crippen LogP contribution in [-0.2, 0) is 11.3 Å². The number of rotatable bonds is 5. The first-order valence-electron chi connectivity index (χ1n) is 6.60. The molecule has 1 heterocycles. The van der Waals surface area contributed by atoms with E-state index in [2.05, 4.69) is 37.4 Å². The summed E-state index contributed by atoms with van der Waals surface area (Å²) in [6.45, 7) is 8.31. The summed E-state index contributed by atoms with van der Waals surface area (Å²) >= 11 is 3.40. The Morgan fingerprint density at radius 1 is 1.50 bits per heavy atom. The number of hydrogen-bond acceptors (Lipinski definition) is 2. The maximum absolute atomic E-state index is 11.6. The zero-order chi connectivity index (χ0) is 14.7. The standard InChI is InChI=1S/C15H18BrN3O/c1-4-14(20)17-11(3)15-18-12-7-5-6-8-13(12)19(15)9-10(2)16/h5-8,11H,2,4,9H2,1,3H3,(H,17,20). The summed E-state index contributed by atoms with van der Waals surface area (Å²) in [6, 6.07) is 7.80. The predicted octanol–water partition coefficient (Wildman–Crippen LogP) is 3.53. The molecule has 106 valence electrons. The van der Waals surface area contributed by atoms with Crippen LogP contribution in [0.4, 0.5) is 0 Å². The second-order valence-corrected chi connectivity index (χ2v) is 5.83. The molecule has 0 aliphatic rings. The molecule has 1 amide bonds. The van der Waals surface area contributed by atoms with Gasteiger partial charge in [-0.2, -0.15) is 0 Å². The third-order valence-corrected chi connectivity index (χ3v) is 3.35. The summed E-state index contributed by atoms with van der Waals surface area (Å²) in [6.07, 6.45) is 0.468. The average Bonchev–Trinajstić information content (AvgIpc) is 2.77. The fraction of sp³-hybridized carbons (Fsp3) is 0.333. The van der Waals surface area contributed by atoms with E-state index in [4.69, 9.17) is 0 Å². The minimum absolute atomic E-state index is 0.0220. The van der Waals surface area contributed by atoms with Crippen LogP contribution in [0.2, 0.25) is 0 Å². The lowest BCUT2D eigenvalue weighted by molar-refractivity contribution is -0.121. The zero-order valence-corrected chi connectivity index (χ0v) is 13.3. The molecule has 0 spiro atoms. The van der Waals surface area contributed by atoms with Crippen LogP contribution in [0.1, 0.15) is 32.1 Å². The number of hydrogen-bond donors (Lipinski definition) is 1. The van der Waals surface area contributed by atoms with Gasteiger partial charge in [-0.3, -0.25) is 4.79 Å². The smallest absolute Gasteiger partial charge is 0.220 e. The van der Waals surface area contributed by atoms with Gasteiger partial charge in [-0.1, -0.05) is 41.6 Å². The molecule has 0 radical (unpaired) electrons. The molecule has 1 unspecified atom stereocenters. The molecule has 5 heteroatoms. The molecule has 2 rings (SSSR count). The Morgan fingerprint density at radius 3 is 2.85 bits per heavy atom. The SMILES string of the molecule is C=C(Br)Cn1c(C(C)NC(=O)CC)nc2ccccc21. The number of nitrogens with zero attached hydrogens (tertiary/aromatic N) is 2. The van der Waals surface area contributed by atoms with Gasteiger partial charge in [0, 0.05) is 10.9 Å². The highest BCUT2D eigenvalue weighted by molar-refractivity contribution is 9.11. The molecule has 0 aliphatic carbocycles. The first-order chi connectivity index (χ1) is 9.52. The molecule has 2 aromatic rings. The molecule has 0 saturated heterocycles. The van der Waals surface area contributed by atoms with E-state index in [9.17, 15) is 4.79 Å². The minimum Gasteiger partial charge on any atom is -0.346 e. The number of carbonyl (C=O) groups excluding carboxylic acids is 1. The second-order valence-electron chi connectivity index (χ2n) is 4.70.